The number of sulfonamides is 1. The number of piperazine rings is 2. The van der Waals surface area contributed by atoms with Crippen molar-refractivity contribution in [2.75, 3.05) is 69.2 Å². The fourth-order valence-electron chi connectivity index (χ4n) is 3.86. The molecular formula is C20H26F2N6O2S. The smallest absolute Gasteiger partial charge is 0.218 e. The molecule has 0 amide bonds. The monoisotopic (exact) mass is 452 g/mol. The summed E-state index contributed by atoms with van der Waals surface area (Å²) in [6.45, 7) is 5.18. The zero-order valence-corrected chi connectivity index (χ0v) is 18.2. The Labute approximate surface area is 181 Å². The summed E-state index contributed by atoms with van der Waals surface area (Å²) in [4.78, 5) is 15.3. The molecule has 31 heavy (non-hydrogen) atoms. The number of likely N-dealkylation sites (N-methyl/N-ethyl adjacent to an activating group) is 1. The summed E-state index contributed by atoms with van der Waals surface area (Å²) in [6, 6.07) is 4.80. The molecule has 11 heteroatoms. The molecule has 1 aromatic carbocycles. The zero-order chi connectivity index (χ0) is 22.0. The van der Waals surface area contributed by atoms with E-state index >= 15 is 0 Å². The van der Waals surface area contributed by atoms with E-state index in [0.29, 0.717) is 13.1 Å². The normalized spacial score (nSPS) is 19.1. The summed E-state index contributed by atoms with van der Waals surface area (Å²) in [6.07, 6.45) is 1.54. The van der Waals surface area contributed by atoms with E-state index in [1.165, 1.54) is 4.31 Å². The van der Waals surface area contributed by atoms with Crippen LogP contribution in [-0.2, 0) is 15.8 Å². The van der Waals surface area contributed by atoms with E-state index in [9.17, 15) is 17.2 Å². The number of halogens is 2. The third kappa shape index (κ3) is 5.10. The fraction of sp³-hybridized carbons (Fsp3) is 0.500. The van der Waals surface area contributed by atoms with Crippen LogP contribution >= 0.6 is 0 Å². The highest BCUT2D eigenvalue weighted by Gasteiger charge is 2.29. The van der Waals surface area contributed by atoms with Crippen molar-refractivity contribution < 1.29 is 17.2 Å². The van der Waals surface area contributed by atoms with Crippen LogP contribution in [0.5, 0.6) is 0 Å². The second-order valence-corrected chi connectivity index (χ2v) is 9.87. The van der Waals surface area contributed by atoms with Gasteiger partial charge in [0.25, 0.3) is 0 Å². The lowest BCUT2D eigenvalue weighted by Gasteiger charge is -2.36. The second kappa shape index (κ2) is 9.01. The Morgan fingerprint density at radius 2 is 1.45 bits per heavy atom. The van der Waals surface area contributed by atoms with Crippen molar-refractivity contribution in [2.45, 2.75) is 5.75 Å². The molecule has 0 N–H and O–H groups in total. The molecule has 3 heterocycles. The van der Waals surface area contributed by atoms with Gasteiger partial charge in [0.05, 0.1) is 5.75 Å². The van der Waals surface area contributed by atoms with Crippen molar-refractivity contribution >= 4 is 21.7 Å². The van der Waals surface area contributed by atoms with Gasteiger partial charge in [-0.3, -0.25) is 0 Å². The molecule has 0 bridgehead atoms. The summed E-state index contributed by atoms with van der Waals surface area (Å²) in [5.41, 5.74) is -0.157. The highest BCUT2D eigenvalue weighted by Crippen LogP contribution is 2.22. The second-order valence-electron chi connectivity index (χ2n) is 7.90. The number of benzene rings is 1. The third-order valence-electron chi connectivity index (χ3n) is 5.77. The van der Waals surface area contributed by atoms with Gasteiger partial charge in [0.15, 0.2) is 0 Å². The van der Waals surface area contributed by atoms with Crippen molar-refractivity contribution in [2.24, 2.45) is 0 Å². The highest BCUT2D eigenvalue weighted by molar-refractivity contribution is 7.88. The molecule has 0 saturated carbocycles. The number of nitrogens with zero attached hydrogens (tertiary/aromatic N) is 6. The summed E-state index contributed by atoms with van der Waals surface area (Å²) in [7, 11) is -1.66. The largest absolute Gasteiger partial charge is 0.354 e. The van der Waals surface area contributed by atoms with Gasteiger partial charge in [0.2, 0.25) is 10.0 Å². The summed E-state index contributed by atoms with van der Waals surface area (Å²) in [5.74, 6) is -0.304. The quantitative estimate of drug-likeness (QED) is 0.674. The molecule has 0 unspecified atom stereocenters. The Morgan fingerprint density at radius 3 is 2.06 bits per heavy atom. The number of hydrogen-bond acceptors (Lipinski definition) is 7. The predicted octanol–water partition coefficient (Wildman–Crippen LogP) is 1.16. The molecule has 2 aliphatic heterocycles. The minimum absolute atomic E-state index is 0.157. The van der Waals surface area contributed by atoms with E-state index in [0.717, 1.165) is 56.0 Å². The predicted molar refractivity (Wildman–Crippen MR) is 115 cm³/mol. The van der Waals surface area contributed by atoms with Crippen molar-refractivity contribution in [1.29, 1.82) is 0 Å². The first-order valence-electron chi connectivity index (χ1n) is 10.2. The van der Waals surface area contributed by atoms with Crippen LogP contribution < -0.4 is 9.80 Å². The van der Waals surface area contributed by atoms with Crippen molar-refractivity contribution in [3.05, 3.63) is 47.8 Å². The van der Waals surface area contributed by atoms with Crippen molar-refractivity contribution in [3.8, 4) is 0 Å². The maximum atomic E-state index is 13.9. The maximum absolute atomic E-state index is 13.9. The lowest BCUT2D eigenvalue weighted by Crippen LogP contribution is -2.49. The van der Waals surface area contributed by atoms with Gasteiger partial charge in [-0.2, -0.15) is 4.31 Å². The summed E-state index contributed by atoms with van der Waals surface area (Å²) >= 11 is 0. The van der Waals surface area contributed by atoms with Crippen LogP contribution in [-0.4, -0.2) is 87.0 Å². The Kier molecular flexibility index (Phi) is 6.35. The van der Waals surface area contributed by atoms with Crippen molar-refractivity contribution in [3.63, 3.8) is 0 Å². The van der Waals surface area contributed by atoms with Crippen LogP contribution in [0.3, 0.4) is 0 Å². The van der Waals surface area contributed by atoms with Crippen LogP contribution in [0.15, 0.2) is 30.6 Å². The van der Waals surface area contributed by atoms with Gasteiger partial charge < -0.3 is 14.7 Å². The SMILES string of the molecule is CN1CCN(c2cc(N3CCN(S(=O)(=O)Cc4cc(F)ccc4F)CC3)ncn2)CC1. The summed E-state index contributed by atoms with van der Waals surface area (Å²) < 4.78 is 54.1. The molecule has 1 aromatic heterocycles. The number of hydrogen-bond donors (Lipinski definition) is 0. The number of rotatable bonds is 5. The average Bonchev–Trinajstić information content (AvgIpc) is 2.77. The molecule has 0 radical (unpaired) electrons. The molecule has 2 aliphatic rings. The Balaban J connectivity index is 1.39. The van der Waals surface area contributed by atoms with Gasteiger partial charge in [0.1, 0.15) is 29.6 Å². The number of aromatic nitrogens is 2. The molecule has 168 valence electrons. The van der Waals surface area contributed by atoms with Crippen LogP contribution in [0.25, 0.3) is 0 Å². The molecule has 2 saturated heterocycles. The van der Waals surface area contributed by atoms with Crippen LogP contribution in [0.4, 0.5) is 20.4 Å². The first kappa shape index (κ1) is 21.8. The lowest BCUT2D eigenvalue weighted by atomic mass is 10.2. The molecule has 0 aliphatic carbocycles. The van der Waals surface area contributed by atoms with E-state index in [1.807, 2.05) is 11.0 Å². The topological polar surface area (TPSA) is 72.9 Å². The first-order valence-corrected chi connectivity index (χ1v) is 11.8. The van der Waals surface area contributed by atoms with E-state index in [1.54, 1.807) is 6.33 Å². The Hall–Kier alpha value is -2.37. The van der Waals surface area contributed by atoms with E-state index in [-0.39, 0.29) is 18.7 Å². The van der Waals surface area contributed by atoms with Gasteiger partial charge >= 0.3 is 0 Å². The van der Waals surface area contributed by atoms with Crippen LogP contribution in [0.1, 0.15) is 5.56 Å². The van der Waals surface area contributed by atoms with Gasteiger partial charge in [-0.1, -0.05) is 0 Å². The summed E-state index contributed by atoms with van der Waals surface area (Å²) in [5, 5.41) is 0. The molecule has 0 atom stereocenters. The third-order valence-corrected chi connectivity index (χ3v) is 7.59. The zero-order valence-electron chi connectivity index (χ0n) is 17.4. The average molecular weight is 453 g/mol. The standard InChI is InChI=1S/C20H26F2N6O2S/c1-25-4-6-26(7-5-25)19-13-20(24-15-23-19)27-8-10-28(11-9-27)31(29,30)14-16-12-17(21)2-3-18(16)22/h2-3,12-13,15H,4-11,14H2,1H3. The van der Waals surface area contributed by atoms with Crippen molar-refractivity contribution in [1.82, 2.24) is 19.2 Å². The van der Waals surface area contributed by atoms with Gasteiger partial charge in [-0.25, -0.2) is 27.2 Å². The molecule has 2 aromatic rings. The van der Waals surface area contributed by atoms with E-state index < -0.39 is 27.4 Å². The van der Waals surface area contributed by atoms with E-state index in [2.05, 4.69) is 26.8 Å². The minimum atomic E-state index is -3.76. The van der Waals surface area contributed by atoms with Crippen LogP contribution in [0.2, 0.25) is 0 Å². The molecular weight excluding hydrogens is 426 g/mol. The molecule has 4 rings (SSSR count). The van der Waals surface area contributed by atoms with Gasteiger partial charge in [-0.15, -0.1) is 0 Å². The Bertz CT molecular complexity index is 1020. The Morgan fingerprint density at radius 1 is 0.871 bits per heavy atom. The minimum Gasteiger partial charge on any atom is -0.354 e. The van der Waals surface area contributed by atoms with Gasteiger partial charge in [0, 0.05) is 64.0 Å². The van der Waals surface area contributed by atoms with Gasteiger partial charge in [-0.05, 0) is 25.2 Å². The fourth-order valence-corrected chi connectivity index (χ4v) is 5.37. The molecule has 2 fully saturated rings. The maximum Gasteiger partial charge on any atom is 0.218 e. The first-order chi connectivity index (χ1) is 14.8. The molecule has 8 nitrogen and oxygen atoms in total. The van der Waals surface area contributed by atoms with Crippen LogP contribution in [0, 0.1) is 11.6 Å². The lowest BCUT2D eigenvalue weighted by molar-refractivity contribution is 0.312. The molecule has 0 spiro atoms. The highest BCUT2D eigenvalue weighted by atomic mass is 32.2. The number of anilines is 2. The van der Waals surface area contributed by atoms with E-state index in [4.69, 9.17) is 0 Å².